The van der Waals surface area contributed by atoms with Crippen LogP contribution in [0, 0.1) is 0 Å². The Kier molecular flexibility index (Phi) is 7.22. The zero-order valence-corrected chi connectivity index (χ0v) is 16.0. The lowest BCUT2D eigenvalue weighted by Crippen LogP contribution is -2.27. The number of anilines is 1. The normalized spacial score (nSPS) is 16.0. The van der Waals surface area contributed by atoms with E-state index >= 15 is 0 Å². The molecule has 1 heterocycles. The van der Waals surface area contributed by atoms with Gasteiger partial charge in [-0.05, 0) is 37.1 Å². The Morgan fingerprint density at radius 2 is 1.70 bits per heavy atom. The number of benzene rings is 1. The van der Waals surface area contributed by atoms with E-state index < -0.39 is 39.5 Å². The molecule has 27 heavy (non-hydrogen) atoms. The minimum Gasteiger partial charge on any atom is -0.481 e. The van der Waals surface area contributed by atoms with Crippen LogP contribution in [-0.4, -0.2) is 64.9 Å². The highest BCUT2D eigenvalue weighted by molar-refractivity contribution is 8.01. The Hall–Kier alpha value is -2.11. The van der Waals surface area contributed by atoms with Crippen molar-refractivity contribution < 1.29 is 33.0 Å². The number of carbonyl (C=O) groups excluding carboxylic acids is 1. The summed E-state index contributed by atoms with van der Waals surface area (Å²) in [6, 6.07) is 5.72. The molecule has 3 N–H and O–H groups in total. The summed E-state index contributed by atoms with van der Waals surface area (Å²) < 4.78 is 26.3. The summed E-state index contributed by atoms with van der Waals surface area (Å²) in [7, 11) is -3.53. The predicted octanol–water partition coefficient (Wildman–Crippen LogP) is 1.07. The molecule has 1 aliphatic rings. The molecule has 0 bridgehead atoms. The maximum absolute atomic E-state index is 12.4. The van der Waals surface area contributed by atoms with E-state index in [1.165, 1.54) is 28.6 Å². The van der Waals surface area contributed by atoms with Gasteiger partial charge in [-0.15, -0.1) is 11.8 Å². The minimum absolute atomic E-state index is 0.143. The zero-order chi connectivity index (χ0) is 20.0. The van der Waals surface area contributed by atoms with Crippen molar-refractivity contribution in [2.24, 2.45) is 0 Å². The summed E-state index contributed by atoms with van der Waals surface area (Å²) in [5.41, 5.74) is 0.367. The van der Waals surface area contributed by atoms with Crippen molar-refractivity contribution in [1.29, 1.82) is 0 Å². The number of hydrogen-bond donors (Lipinski definition) is 3. The number of nitrogens with zero attached hydrogens (tertiary/aromatic N) is 1. The van der Waals surface area contributed by atoms with Crippen molar-refractivity contribution in [3.05, 3.63) is 24.3 Å². The quantitative estimate of drug-likeness (QED) is 0.543. The van der Waals surface area contributed by atoms with E-state index in [2.05, 4.69) is 5.32 Å². The molecule has 1 saturated heterocycles. The average molecular weight is 416 g/mol. The standard InChI is InChI=1S/C16H20N2O7S2/c19-14(10-26-13(16(22)23)9-15(20)21)17-11-3-5-12(6-4-11)27(24,25)18-7-1-2-8-18/h3-6,13H,1-2,7-10H2,(H,17,19)(H,20,21)(H,22,23)/t13-/m0/s1. The van der Waals surface area contributed by atoms with Crippen LogP contribution < -0.4 is 5.32 Å². The molecule has 11 heteroatoms. The number of hydrogen-bond acceptors (Lipinski definition) is 6. The van der Waals surface area contributed by atoms with Crippen molar-refractivity contribution in [2.45, 2.75) is 29.4 Å². The summed E-state index contributed by atoms with van der Waals surface area (Å²) in [6.45, 7) is 0.998. The van der Waals surface area contributed by atoms with Crippen LogP contribution >= 0.6 is 11.8 Å². The highest BCUT2D eigenvalue weighted by atomic mass is 32.2. The number of carbonyl (C=O) groups is 3. The lowest BCUT2D eigenvalue weighted by Gasteiger charge is -2.15. The zero-order valence-electron chi connectivity index (χ0n) is 14.3. The summed E-state index contributed by atoms with van der Waals surface area (Å²) in [5, 5.41) is 18.9. The van der Waals surface area contributed by atoms with Gasteiger partial charge in [0, 0.05) is 18.8 Å². The number of thioether (sulfide) groups is 1. The fraction of sp³-hybridized carbons (Fsp3) is 0.438. The van der Waals surface area contributed by atoms with Gasteiger partial charge < -0.3 is 15.5 Å². The first-order chi connectivity index (χ1) is 12.7. The Morgan fingerprint density at radius 1 is 1.11 bits per heavy atom. The topological polar surface area (TPSA) is 141 Å². The van der Waals surface area contributed by atoms with Crippen LogP contribution in [0.15, 0.2) is 29.2 Å². The van der Waals surface area contributed by atoms with Crippen LogP contribution in [0.2, 0.25) is 0 Å². The molecule has 1 aromatic rings. The van der Waals surface area contributed by atoms with E-state index in [1.807, 2.05) is 0 Å². The second kappa shape index (κ2) is 9.20. The number of carboxylic acids is 2. The minimum atomic E-state index is -3.53. The second-order valence-corrected chi connectivity index (χ2v) is 9.05. The molecule has 1 amide bonds. The molecular formula is C16H20N2O7S2. The summed E-state index contributed by atoms with van der Waals surface area (Å²) in [4.78, 5) is 33.7. The van der Waals surface area contributed by atoms with Crippen LogP contribution in [0.5, 0.6) is 0 Å². The van der Waals surface area contributed by atoms with Crippen LogP contribution in [0.1, 0.15) is 19.3 Å². The summed E-state index contributed by atoms with van der Waals surface area (Å²) in [5.74, 6) is -3.30. The molecule has 1 aromatic carbocycles. The third kappa shape index (κ3) is 5.94. The highest BCUT2D eigenvalue weighted by Crippen LogP contribution is 2.22. The molecule has 1 atom stereocenters. The van der Waals surface area contributed by atoms with E-state index in [0.717, 1.165) is 12.8 Å². The van der Waals surface area contributed by atoms with Gasteiger partial charge in [0.1, 0.15) is 5.25 Å². The Morgan fingerprint density at radius 3 is 2.22 bits per heavy atom. The lowest BCUT2D eigenvalue weighted by molar-refractivity contribution is -0.142. The van der Waals surface area contributed by atoms with Crippen molar-refractivity contribution in [3.63, 3.8) is 0 Å². The fourth-order valence-electron chi connectivity index (χ4n) is 2.54. The Balaban J connectivity index is 1.92. The maximum Gasteiger partial charge on any atom is 0.317 e. The molecule has 0 radical (unpaired) electrons. The number of sulfonamides is 1. The first-order valence-corrected chi connectivity index (χ1v) is 10.7. The number of rotatable bonds is 9. The van der Waals surface area contributed by atoms with Crippen LogP contribution in [-0.2, 0) is 24.4 Å². The summed E-state index contributed by atoms with van der Waals surface area (Å²) in [6.07, 6.45) is 1.09. The van der Waals surface area contributed by atoms with Crippen LogP contribution in [0.3, 0.4) is 0 Å². The number of carboxylic acid groups (broad SMARTS) is 2. The molecule has 2 rings (SSSR count). The maximum atomic E-state index is 12.4. The molecule has 1 aliphatic heterocycles. The second-order valence-electron chi connectivity index (χ2n) is 5.92. The van der Waals surface area contributed by atoms with Gasteiger partial charge in [0.15, 0.2) is 0 Å². The number of aliphatic carboxylic acids is 2. The van der Waals surface area contributed by atoms with Gasteiger partial charge in [0.25, 0.3) is 0 Å². The molecular weight excluding hydrogens is 396 g/mol. The first kappa shape index (κ1) is 21.2. The first-order valence-electron chi connectivity index (χ1n) is 8.16. The molecule has 0 aromatic heterocycles. The molecule has 0 spiro atoms. The van der Waals surface area contributed by atoms with E-state index in [9.17, 15) is 22.8 Å². The fourth-order valence-corrected chi connectivity index (χ4v) is 4.88. The molecule has 0 aliphatic carbocycles. The van der Waals surface area contributed by atoms with E-state index in [1.54, 1.807) is 0 Å². The van der Waals surface area contributed by atoms with Crippen LogP contribution in [0.4, 0.5) is 5.69 Å². The molecule has 148 valence electrons. The van der Waals surface area contributed by atoms with E-state index in [-0.39, 0.29) is 10.6 Å². The van der Waals surface area contributed by atoms with Crippen LogP contribution in [0.25, 0.3) is 0 Å². The lowest BCUT2D eigenvalue weighted by atomic mass is 10.3. The van der Waals surface area contributed by atoms with Gasteiger partial charge in [-0.3, -0.25) is 14.4 Å². The van der Waals surface area contributed by atoms with E-state index in [4.69, 9.17) is 10.2 Å². The third-order valence-corrected chi connectivity index (χ3v) is 7.00. The molecule has 0 saturated carbocycles. The SMILES string of the molecule is O=C(O)C[C@H](SCC(=O)Nc1ccc(S(=O)(=O)N2CCCC2)cc1)C(=O)O. The predicted molar refractivity (Wildman–Crippen MR) is 99.2 cm³/mol. The summed E-state index contributed by atoms with van der Waals surface area (Å²) >= 11 is 0.715. The third-order valence-electron chi connectivity index (χ3n) is 3.89. The van der Waals surface area contributed by atoms with Gasteiger partial charge in [-0.25, -0.2) is 8.42 Å². The molecule has 1 fully saturated rings. The number of nitrogens with one attached hydrogen (secondary N) is 1. The van der Waals surface area contributed by atoms with Crippen molar-refractivity contribution >= 4 is 45.3 Å². The van der Waals surface area contributed by atoms with Gasteiger partial charge in [-0.1, -0.05) is 0 Å². The molecule has 0 unspecified atom stereocenters. The monoisotopic (exact) mass is 416 g/mol. The van der Waals surface area contributed by atoms with Gasteiger partial charge in [-0.2, -0.15) is 4.31 Å². The van der Waals surface area contributed by atoms with Crippen molar-refractivity contribution in [2.75, 3.05) is 24.2 Å². The average Bonchev–Trinajstić information content (AvgIpc) is 3.14. The van der Waals surface area contributed by atoms with Gasteiger partial charge >= 0.3 is 11.9 Å². The van der Waals surface area contributed by atoms with Crippen molar-refractivity contribution in [3.8, 4) is 0 Å². The largest absolute Gasteiger partial charge is 0.481 e. The van der Waals surface area contributed by atoms with Gasteiger partial charge in [0.05, 0.1) is 17.1 Å². The van der Waals surface area contributed by atoms with E-state index in [0.29, 0.717) is 30.5 Å². The molecule has 9 nitrogen and oxygen atoms in total. The number of amides is 1. The van der Waals surface area contributed by atoms with Crippen molar-refractivity contribution in [1.82, 2.24) is 4.31 Å². The smallest absolute Gasteiger partial charge is 0.317 e. The highest BCUT2D eigenvalue weighted by Gasteiger charge is 2.27. The van der Waals surface area contributed by atoms with Gasteiger partial charge in [0.2, 0.25) is 15.9 Å². The Bertz CT molecular complexity index is 803. The Labute approximate surface area is 160 Å².